The first kappa shape index (κ1) is 20.9. The molecule has 0 aromatic rings. The molecule has 0 saturated heterocycles. The van der Waals surface area contributed by atoms with Crippen molar-refractivity contribution in [2.75, 3.05) is 39.6 Å². The fourth-order valence-electron chi connectivity index (χ4n) is 1.77. The smallest absolute Gasteiger partial charge is 0.0700 e. The minimum absolute atomic E-state index is 0.352. The molecular formula is C18H38O3. The second-order valence-corrected chi connectivity index (χ2v) is 8.17. The van der Waals surface area contributed by atoms with Gasteiger partial charge in [-0.15, -0.1) is 0 Å². The van der Waals surface area contributed by atoms with E-state index in [1.165, 1.54) is 6.42 Å². The summed E-state index contributed by atoms with van der Waals surface area (Å²) in [4.78, 5) is 0. The first-order valence-corrected chi connectivity index (χ1v) is 8.44. The molecule has 0 saturated carbocycles. The van der Waals surface area contributed by atoms with Crippen molar-refractivity contribution in [2.45, 2.75) is 67.2 Å². The van der Waals surface area contributed by atoms with Crippen LogP contribution in [0.3, 0.4) is 0 Å². The van der Waals surface area contributed by atoms with Crippen LogP contribution in [-0.4, -0.2) is 39.6 Å². The van der Waals surface area contributed by atoms with Crippen LogP contribution in [0.1, 0.15) is 67.2 Å². The Kier molecular flexibility index (Phi) is 11.4. The summed E-state index contributed by atoms with van der Waals surface area (Å²) in [5.41, 5.74) is 0.768. The van der Waals surface area contributed by atoms with Gasteiger partial charge in [-0.25, -0.2) is 0 Å². The monoisotopic (exact) mass is 302 g/mol. The van der Waals surface area contributed by atoms with E-state index in [1.807, 2.05) is 0 Å². The minimum atomic E-state index is 0.352. The molecule has 128 valence electrons. The lowest BCUT2D eigenvalue weighted by Gasteiger charge is -2.17. The largest absolute Gasteiger partial charge is 0.381 e. The van der Waals surface area contributed by atoms with Crippen LogP contribution in [0.5, 0.6) is 0 Å². The summed E-state index contributed by atoms with van der Waals surface area (Å²) in [6.07, 6.45) is 4.42. The van der Waals surface area contributed by atoms with E-state index in [4.69, 9.17) is 14.2 Å². The van der Waals surface area contributed by atoms with Crippen molar-refractivity contribution in [3.05, 3.63) is 0 Å². The number of hydrogen-bond acceptors (Lipinski definition) is 3. The van der Waals surface area contributed by atoms with Crippen LogP contribution in [0, 0.1) is 10.8 Å². The average molecular weight is 302 g/mol. The number of hydrogen-bond donors (Lipinski definition) is 0. The van der Waals surface area contributed by atoms with Gasteiger partial charge in [0.2, 0.25) is 0 Å². The molecule has 0 aliphatic heterocycles. The average Bonchev–Trinajstić information content (AvgIpc) is 2.32. The molecule has 0 rings (SSSR count). The summed E-state index contributed by atoms with van der Waals surface area (Å²) in [5, 5.41) is 0. The summed E-state index contributed by atoms with van der Waals surface area (Å²) in [5.74, 6) is 0. The predicted octanol–water partition coefficient (Wildman–Crippen LogP) is 4.69. The van der Waals surface area contributed by atoms with Crippen LogP contribution in [0.2, 0.25) is 0 Å². The lowest BCUT2D eigenvalue weighted by atomic mass is 9.91. The second kappa shape index (κ2) is 11.4. The highest BCUT2D eigenvalue weighted by Gasteiger charge is 2.09. The van der Waals surface area contributed by atoms with E-state index in [9.17, 15) is 0 Å². The molecule has 0 heterocycles. The van der Waals surface area contributed by atoms with E-state index >= 15 is 0 Å². The zero-order chi connectivity index (χ0) is 16.2. The van der Waals surface area contributed by atoms with Crippen LogP contribution in [0.15, 0.2) is 0 Å². The Labute approximate surface area is 132 Å². The summed E-state index contributed by atoms with van der Waals surface area (Å²) in [6, 6.07) is 0. The predicted molar refractivity (Wildman–Crippen MR) is 89.8 cm³/mol. The lowest BCUT2D eigenvalue weighted by Crippen LogP contribution is -2.12. The molecule has 0 bridgehead atoms. The zero-order valence-corrected chi connectivity index (χ0v) is 15.3. The normalized spacial score (nSPS) is 12.9. The highest BCUT2D eigenvalue weighted by atomic mass is 16.5. The minimum Gasteiger partial charge on any atom is -0.381 e. The maximum absolute atomic E-state index is 5.60. The fourth-order valence-corrected chi connectivity index (χ4v) is 1.77. The topological polar surface area (TPSA) is 27.7 Å². The van der Waals surface area contributed by atoms with Gasteiger partial charge in [0.1, 0.15) is 0 Å². The molecule has 3 nitrogen and oxygen atoms in total. The van der Waals surface area contributed by atoms with Crippen LogP contribution in [-0.2, 0) is 14.2 Å². The van der Waals surface area contributed by atoms with Gasteiger partial charge in [-0.3, -0.25) is 0 Å². The Morgan fingerprint density at radius 1 is 0.476 bits per heavy atom. The zero-order valence-electron chi connectivity index (χ0n) is 15.3. The molecular weight excluding hydrogens is 264 g/mol. The maximum Gasteiger partial charge on any atom is 0.0700 e. The lowest BCUT2D eigenvalue weighted by molar-refractivity contribution is 0.0284. The van der Waals surface area contributed by atoms with Gasteiger partial charge in [0, 0.05) is 26.4 Å². The first-order chi connectivity index (χ1) is 9.71. The fraction of sp³-hybridized carbons (Fsp3) is 1.00. The Balaban J connectivity index is 3.10. The summed E-state index contributed by atoms with van der Waals surface area (Å²) in [7, 11) is 0. The first-order valence-electron chi connectivity index (χ1n) is 8.44. The number of ether oxygens (including phenoxy) is 3. The quantitative estimate of drug-likeness (QED) is 0.490. The van der Waals surface area contributed by atoms with Crippen LogP contribution >= 0.6 is 0 Å². The molecule has 0 aromatic heterocycles. The molecule has 21 heavy (non-hydrogen) atoms. The standard InChI is InChI=1S/C18H38O3/c1-17(2,3)9-7-11-19-12-8-13-20-15-16-21-14-10-18(4,5)6/h7-16H2,1-6H3. The molecule has 0 aliphatic carbocycles. The Bertz CT molecular complexity index is 202. The molecule has 0 N–H and O–H groups in total. The highest BCUT2D eigenvalue weighted by molar-refractivity contribution is 4.60. The van der Waals surface area contributed by atoms with E-state index in [2.05, 4.69) is 41.5 Å². The van der Waals surface area contributed by atoms with E-state index in [0.717, 1.165) is 45.7 Å². The highest BCUT2D eigenvalue weighted by Crippen LogP contribution is 2.20. The summed E-state index contributed by atoms with van der Waals surface area (Å²) in [6.45, 7) is 18.1. The van der Waals surface area contributed by atoms with Crippen LogP contribution < -0.4 is 0 Å². The molecule has 0 radical (unpaired) electrons. The van der Waals surface area contributed by atoms with Crippen LogP contribution in [0.25, 0.3) is 0 Å². The van der Waals surface area contributed by atoms with E-state index in [1.54, 1.807) is 0 Å². The van der Waals surface area contributed by atoms with Crippen molar-refractivity contribution in [1.29, 1.82) is 0 Å². The molecule has 0 aromatic carbocycles. The molecule has 0 amide bonds. The van der Waals surface area contributed by atoms with Crippen molar-refractivity contribution >= 4 is 0 Å². The molecule has 0 unspecified atom stereocenters. The van der Waals surface area contributed by atoms with E-state index in [0.29, 0.717) is 24.0 Å². The Morgan fingerprint density at radius 2 is 0.905 bits per heavy atom. The molecule has 0 fully saturated rings. The van der Waals surface area contributed by atoms with E-state index in [-0.39, 0.29) is 0 Å². The molecule has 3 heteroatoms. The third-order valence-electron chi connectivity index (χ3n) is 3.16. The van der Waals surface area contributed by atoms with Gasteiger partial charge in [0.15, 0.2) is 0 Å². The summed E-state index contributed by atoms with van der Waals surface area (Å²) < 4.78 is 16.7. The van der Waals surface area contributed by atoms with Gasteiger partial charge in [-0.2, -0.15) is 0 Å². The molecule has 0 aliphatic rings. The van der Waals surface area contributed by atoms with Crippen molar-refractivity contribution in [2.24, 2.45) is 10.8 Å². The SMILES string of the molecule is CC(C)(C)CCCOCCCOCCOCCC(C)(C)C. The van der Waals surface area contributed by atoms with Gasteiger partial charge in [0.05, 0.1) is 13.2 Å². The van der Waals surface area contributed by atoms with Crippen molar-refractivity contribution in [1.82, 2.24) is 0 Å². The Morgan fingerprint density at radius 3 is 1.43 bits per heavy atom. The summed E-state index contributed by atoms with van der Waals surface area (Å²) >= 11 is 0. The van der Waals surface area contributed by atoms with Crippen molar-refractivity contribution in [3.63, 3.8) is 0 Å². The van der Waals surface area contributed by atoms with Crippen molar-refractivity contribution < 1.29 is 14.2 Å². The van der Waals surface area contributed by atoms with Gasteiger partial charge in [0.25, 0.3) is 0 Å². The number of rotatable bonds is 12. The van der Waals surface area contributed by atoms with Gasteiger partial charge in [-0.05, 0) is 36.5 Å². The second-order valence-electron chi connectivity index (χ2n) is 8.17. The molecule has 0 spiro atoms. The van der Waals surface area contributed by atoms with E-state index < -0.39 is 0 Å². The maximum atomic E-state index is 5.60. The Hall–Kier alpha value is -0.120. The molecule has 0 atom stereocenters. The van der Waals surface area contributed by atoms with Crippen LogP contribution in [0.4, 0.5) is 0 Å². The van der Waals surface area contributed by atoms with Gasteiger partial charge >= 0.3 is 0 Å². The van der Waals surface area contributed by atoms with Gasteiger partial charge in [-0.1, -0.05) is 41.5 Å². The van der Waals surface area contributed by atoms with Crippen molar-refractivity contribution in [3.8, 4) is 0 Å². The van der Waals surface area contributed by atoms with Gasteiger partial charge < -0.3 is 14.2 Å². The third kappa shape index (κ3) is 19.9. The third-order valence-corrected chi connectivity index (χ3v) is 3.16.